The Morgan fingerprint density at radius 2 is 1.89 bits per heavy atom. The van der Waals surface area contributed by atoms with Crippen LogP contribution in [-0.4, -0.2) is 36.1 Å². The van der Waals surface area contributed by atoms with Gasteiger partial charge in [0.15, 0.2) is 0 Å². The van der Waals surface area contributed by atoms with Crippen molar-refractivity contribution in [1.82, 2.24) is 0 Å². The molecule has 0 radical (unpaired) electrons. The first-order valence-electron chi connectivity index (χ1n) is 8.21. The third-order valence-corrected chi connectivity index (χ3v) is 5.37. The van der Waals surface area contributed by atoms with E-state index in [1.807, 2.05) is 0 Å². The van der Waals surface area contributed by atoms with Crippen molar-refractivity contribution < 1.29 is 14.6 Å². The molecule has 3 fully saturated rings. The highest BCUT2D eigenvalue weighted by Crippen LogP contribution is 2.43. The first-order valence-corrected chi connectivity index (χ1v) is 8.21. The molecule has 1 saturated carbocycles. The van der Waals surface area contributed by atoms with Gasteiger partial charge in [-0.25, -0.2) is 0 Å². The Hall–Kier alpha value is -0.120. The number of aliphatic hydroxyl groups is 1. The molecule has 3 nitrogen and oxygen atoms in total. The second-order valence-corrected chi connectivity index (χ2v) is 6.78. The van der Waals surface area contributed by atoms with Gasteiger partial charge in [-0.05, 0) is 57.3 Å². The Labute approximate surface area is 116 Å². The summed E-state index contributed by atoms with van der Waals surface area (Å²) in [5.41, 5.74) is 0.122. The van der Waals surface area contributed by atoms with Gasteiger partial charge in [-0.3, -0.25) is 0 Å². The van der Waals surface area contributed by atoms with Crippen molar-refractivity contribution in [1.29, 1.82) is 0 Å². The van der Waals surface area contributed by atoms with E-state index in [1.165, 1.54) is 38.5 Å². The average Bonchev–Trinajstić information content (AvgIpc) is 2.88. The van der Waals surface area contributed by atoms with Gasteiger partial charge in [0.2, 0.25) is 0 Å². The molecule has 1 N–H and O–H groups in total. The molecule has 19 heavy (non-hydrogen) atoms. The monoisotopic (exact) mass is 268 g/mol. The minimum absolute atomic E-state index is 0.122. The number of hydrogen-bond donors (Lipinski definition) is 1. The van der Waals surface area contributed by atoms with Gasteiger partial charge in [0.25, 0.3) is 0 Å². The van der Waals surface area contributed by atoms with E-state index in [0.29, 0.717) is 12.0 Å². The number of aliphatic hydroxyl groups excluding tert-OH is 1. The van der Waals surface area contributed by atoms with E-state index in [-0.39, 0.29) is 11.7 Å². The fraction of sp³-hybridized carbons (Fsp3) is 1.00. The third-order valence-electron chi connectivity index (χ3n) is 5.37. The van der Waals surface area contributed by atoms with Crippen LogP contribution in [0.4, 0.5) is 0 Å². The Morgan fingerprint density at radius 1 is 1.05 bits per heavy atom. The van der Waals surface area contributed by atoms with Gasteiger partial charge >= 0.3 is 0 Å². The van der Waals surface area contributed by atoms with Crippen molar-refractivity contribution in [3.8, 4) is 0 Å². The van der Waals surface area contributed by atoms with Gasteiger partial charge in [0.1, 0.15) is 0 Å². The van der Waals surface area contributed by atoms with Gasteiger partial charge in [0.05, 0.1) is 17.8 Å². The molecule has 110 valence electrons. The molecule has 0 amide bonds. The number of ether oxygens (including phenoxy) is 2. The van der Waals surface area contributed by atoms with Crippen LogP contribution in [-0.2, 0) is 9.47 Å². The summed E-state index contributed by atoms with van der Waals surface area (Å²) in [5, 5.41) is 10.5. The van der Waals surface area contributed by atoms with E-state index in [9.17, 15) is 5.11 Å². The molecule has 2 heterocycles. The molecule has 3 heteroatoms. The predicted molar refractivity (Wildman–Crippen MR) is 74.1 cm³/mol. The van der Waals surface area contributed by atoms with Crippen LogP contribution in [0.5, 0.6) is 0 Å². The second kappa shape index (κ2) is 6.11. The molecule has 2 saturated heterocycles. The molecule has 2 aliphatic heterocycles. The summed E-state index contributed by atoms with van der Waals surface area (Å²) in [6.07, 6.45) is 11.6. The van der Waals surface area contributed by atoms with Crippen molar-refractivity contribution in [2.75, 3.05) is 13.2 Å². The zero-order chi connectivity index (χ0) is 13.1. The molecule has 1 aliphatic carbocycles. The summed E-state index contributed by atoms with van der Waals surface area (Å²) in [6.45, 7) is 1.72. The third kappa shape index (κ3) is 3.32. The Kier molecular flexibility index (Phi) is 4.45. The van der Waals surface area contributed by atoms with Crippen LogP contribution < -0.4 is 0 Å². The molecule has 0 aromatic rings. The molecule has 0 aromatic heterocycles. The molecule has 3 unspecified atom stereocenters. The van der Waals surface area contributed by atoms with Crippen molar-refractivity contribution in [3.63, 3.8) is 0 Å². The van der Waals surface area contributed by atoms with E-state index < -0.39 is 0 Å². The summed E-state index contributed by atoms with van der Waals surface area (Å²) in [5.74, 6) is 0.428. The summed E-state index contributed by atoms with van der Waals surface area (Å²) in [7, 11) is 0. The molecular formula is C16H28O3. The quantitative estimate of drug-likeness (QED) is 0.855. The van der Waals surface area contributed by atoms with Crippen LogP contribution >= 0.6 is 0 Å². The summed E-state index contributed by atoms with van der Waals surface area (Å²) in [6, 6.07) is 0. The molecule has 3 atom stereocenters. The van der Waals surface area contributed by atoms with Crippen LogP contribution in [0, 0.1) is 5.92 Å². The highest BCUT2D eigenvalue weighted by molar-refractivity contribution is 4.93. The van der Waals surface area contributed by atoms with Crippen molar-refractivity contribution in [2.24, 2.45) is 5.92 Å². The van der Waals surface area contributed by atoms with Gasteiger partial charge in [-0.2, -0.15) is 0 Å². The first kappa shape index (κ1) is 13.8. The van der Waals surface area contributed by atoms with Gasteiger partial charge in [-0.15, -0.1) is 0 Å². The van der Waals surface area contributed by atoms with Gasteiger partial charge in [0, 0.05) is 13.2 Å². The molecule has 3 aliphatic rings. The highest BCUT2D eigenvalue weighted by atomic mass is 16.5. The van der Waals surface area contributed by atoms with E-state index in [0.717, 1.165) is 38.9 Å². The smallest absolute Gasteiger partial charge is 0.0686 e. The topological polar surface area (TPSA) is 38.7 Å². The van der Waals surface area contributed by atoms with Gasteiger partial charge < -0.3 is 14.6 Å². The number of hydrogen-bond acceptors (Lipinski definition) is 3. The maximum atomic E-state index is 10.5. The van der Waals surface area contributed by atoms with Crippen LogP contribution in [0.15, 0.2) is 0 Å². The molecule has 0 bridgehead atoms. The predicted octanol–water partition coefficient (Wildman–Crippen LogP) is 3.05. The molecule has 0 aromatic carbocycles. The lowest BCUT2D eigenvalue weighted by Gasteiger charge is -2.40. The number of rotatable bonds is 3. The maximum absolute atomic E-state index is 10.5. The fourth-order valence-electron chi connectivity index (χ4n) is 4.22. The van der Waals surface area contributed by atoms with Gasteiger partial charge in [-0.1, -0.05) is 12.8 Å². The molecule has 3 rings (SSSR count). The lowest BCUT2D eigenvalue weighted by atomic mass is 9.80. The normalized spacial score (nSPS) is 36.5. The summed E-state index contributed by atoms with van der Waals surface area (Å²) < 4.78 is 11.8. The Morgan fingerprint density at radius 3 is 2.63 bits per heavy atom. The largest absolute Gasteiger partial charge is 0.393 e. The van der Waals surface area contributed by atoms with E-state index in [2.05, 4.69) is 0 Å². The van der Waals surface area contributed by atoms with E-state index >= 15 is 0 Å². The van der Waals surface area contributed by atoms with Crippen molar-refractivity contribution >= 4 is 0 Å². The van der Waals surface area contributed by atoms with E-state index in [1.54, 1.807) is 0 Å². The second-order valence-electron chi connectivity index (χ2n) is 6.78. The standard InChI is InChI=1S/C16H28O3/c17-15(11-14-5-1-4-9-18-14)13-6-10-19-16(12-13)7-2-3-8-16/h13-15,17H,1-12H2. The minimum Gasteiger partial charge on any atom is -0.393 e. The maximum Gasteiger partial charge on any atom is 0.0686 e. The Balaban J connectivity index is 1.52. The zero-order valence-corrected chi connectivity index (χ0v) is 12.0. The van der Waals surface area contributed by atoms with Crippen LogP contribution in [0.3, 0.4) is 0 Å². The highest BCUT2D eigenvalue weighted by Gasteiger charge is 2.42. The minimum atomic E-state index is -0.190. The first-order chi connectivity index (χ1) is 9.27. The molecular weight excluding hydrogens is 240 g/mol. The van der Waals surface area contributed by atoms with Crippen molar-refractivity contribution in [3.05, 3.63) is 0 Å². The van der Waals surface area contributed by atoms with Crippen molar-refractivity contribution in [2.45, 2.75) is 82.0 Å². The lowest BCUT2D eigenvalue weighted by molar-refractivity contribution is -0.120. The van der Waals surface area contributed by atoms with Crippen LogP contribution in [0.2, 0.25) is 0 Å². The zero-order valence-electron chi connectivity index (χ0n) is 12.0. The Bertz CT molecular complexity index is 280. The summed E-state index contributed by atoms with van der Waals surface area (Å²) in [4.78, 5) is 0. The lowest BCUT2D eigenvalue weighted by Crippen LogP contribution is -2.42. The average molecular weight is 268 g/mol. The van der Waals surface area contributed by atoms with E-state index in [4.69, 9.17) is 9.47 Å². The molecule has 1 spiro atoms. The fourth-order valence-corrected chi connectivity index (χ4v) is 4.22. The SMILES string of the molecule is OC(CC1CCCCO1)C1CCOC2(CCCC2)C1. The van der Waals surface area contributed by atoms with Crippen LogP contribution in [0.1, 0.15) is 64.2 Å². The summed E-state index contributed by atoms with van der Waals surface area (Å²) >= 11 is 0. The van der Waals surface area contributed by atoms with Crippen LogP contribution in [0.25, 0.3) is 0 Å².